The van der Waals surface area contributed by atoms with Crippen LogP contribution in [0.4, 0.5) is 18.9 Å². The van der Waals surface area contributed by atoms with Crippen LogP contribution in [0, 0.1) is 5.92 Å². The number of carboxylic acid groups (broad SMARTS) is 1. The Morgan fingerprint density at radius 1 is 1.11 bits per heavy atom. The van der Waals surface area contributed by atoms with Crippen LogP contribution in [0.5, 0.6) is 5.75 Å². The first-order chi connectivity index (χ1) is 17.9. The lowest BCUT2D eigenvalue weighted by Gasteiger charge is -2.28. The number of halogens is 4. The van der Waals surface area contributed by atoms with Crippen molar-refractivity contribution in [3.8, 4) is 5.75 Å². The van der Waals surface area contributed by atoms with Gasteiger partial charge in [0, 0.05) is 23.6 Å². The number of nitrogens with zero attached hydrogens (tertiary/aromatic N) is 2. The zero-order chi connectivity index (χ0) is 27.9. The molecule has 0 radical (unpaired) electrons. The molecule has 1 unspecified atom stereocenters. The van der Waals surface area contributed by atoms with Crippen molar-refractivity contribution in [3.05, 3.63) is 83.6 Å². The second kappa shape index (κ2) is 12.8. The summed E-state index contributed by atoms with van der Waals surface area (Å²) >= 11 is 2.12. The van der Waals surface area contributed by atoms with Gasteiger partial charge >= 0.3 is 12.1 Å². The number of carbonyl (C=O) groups is 1. The zero-order valence-electron chi connectivity index (χ0n) is 20.4. The van der Waals surface area contributed by atoms with Crippen LogP contribution in [0.2, 0.25) is 0 Å². The number of benzene rings is 2. The Kier molecular flexibility index (Phi) is 9.99. The number of hydrogen-bond acceptors (Lipinski definition) is 5. The van der Waals surface area contributed by atoms with E-state index >= 15 is 0 Å². The van der Waals surface area contributed by atoms with Crippen molar-refractivity contribution in [2.75, 3.05) is 15.3 Å². The summed E-state index contributed by atoms with van der Waals surface area (Å²) in [5.41, 5.74) is 0.402. The van der Waals surface area contributed by atoms with E-state index in [1.807, 2.05) is 6.92 Å². The van der Waals surface area contributed by atoms with Gasteiger partial charge in [-0.25, -0.2) is 4.98 Å². The van der Waals surface area contributed by atoms with E-state index in [2.05, 4.69) is 27.6 Å². The molecule has 0 saturated carbocycles. The molecule has 3 aromatic rings. The minimum atomic E-state index is -4.66. The summed E-state index contributed by atoms with van der Waals surface area (Å²) in [4.78, 5) is 14.7. The molecule has 1 aromatic heterocycles. The molecule has 1 atom stereocenters. The van der Waals surface area contributed by atoms with Gasteiger partial charge in [-0.15, -0.1) is 0 Å². The summed E-state index contributed by atoms with van der Waals surface area (Å²) in [5, 5.41) is 8.61. The van der Waals surface area contributed by atoms with Crippen molar-refractivity contribution >= 4 is 44.3 Å². The number of ether oxygens (including phenoxy) is 1. The number of sulfonamides is 1. The van der Waals surface area contributed by atoms with E-state index in [4.69, 9.17) is 9.84 Å². The molecule has 0 aliphatic heterocycles. The highest BCUT2D eigenvalue weighted by Crippen LogP contribution is 2.39. The average Bonchev–Trinajstić information content (AvgIpc) is 2.89. The maximum absolute atomic E-state index is 13.6. The molecular weight excluding hydrogens is 636 g/mol. The number of pyridine rings is 1. The predicted molar refractivity (Wildman–Crippen MR) is 145 cm³/mol. The smallest absolute Gasteiger partial charge is 0.416 e. The van der Waals surface area contributed by atoms with Gasteiger partial charge in [0.25, 0.3) is 10.0 Å². The minimum Gasteiger partial charge on any atom is -0.487 e. The molecule has 204 valence electrons. The van der Waals surface area contributed by atoms with E-state index in [0.29, 0.717) is 16.4 Å². The van der Waals surface area contributed by atoms with E-state index in [-0.39, 0.29) is 42.0 Å². The molecule has 7 nitrogen and oxygen atoms in total. The van der Waals surface area contributed by atoms with Gasteiger partial charge in [0.2, 0.25) is 0 Å². The van der Waals surface area contributed by atoms with Crippen LogP contribution in [0.15, 0.2) is 71.9 Å². The fourth-order valence-electron chi connectivity index (χ4n) is 3.50. The third kappa shape index (κ3) is 7.82. The van der Waals surface area contributed by atoms with Crippen LogP contribution in [0.3, 0.4) is 0 Å². The first-order valence-electron chi connectivity index (χ1n) is 11.5. The number of carboxylic acids is 1. The van der Waals surface area contributed by atoms with Gasteiger partial charge in [0.05, 0.1) is 11.3 Å². The highest BCUT2D eigenvalue weighted by atomic mass is 127. The number of hydrogen-bond donors (Lipinski definition) is 1. The van der Waals surface area contributed by atoms with Crippen LogP contribution in [-0.4, -0.2) is 35.4 Å². The Labute approximate surface area is 232 Å². The maximum atomic E-state index is 13.6. The fraction of sp³-hybridized carbons (Fsp3) is 0.308. The molecule has 0 spiro atoms. The van der Waals surface area contributed by atoms with E-state index in [9.17, 15) is 26.4 Å². The van der Waals surface area contributed by atoms with Crippen LogP contribution in [0.1, 0.15) is 30.0 Å². The lowest BCUT2D eigenvalue weighted by atomic mass is 10.1. The predicted octanol–water partition coefficient (Wildman–Crippen LogP) is 5.96. The molecular formula is C26H26F3IN2O5S. The number of aryl methyl sites for hydroxylation is 1. The van der Waals surface area contributed by atoms with Crippen molar-refractivity contribution < 1.29 is 36.2 Å². The maximum Gasteiger partial charge on any atom is 0.416 e. The molecule has 0 bridgehead atoms. The van der Waals surface area contributed by atoms with Crippen LogP contribution in [0.25, 0.3) is 0 Å². The van der Waals surface area contributed by atoms with Crippen LogP contribution >= 0.6 is 22.6 Å². The molecule has 0 amide bonds. The number of aromatic nitrogens is 1. The van der Waals surface area contributed by atoms with Gasteiger partial charge in [-0.05, 0) is 53.8 Å². The molecule has 0 fully saturated rings. The molecule has 38 heavy (non-hydrogen) atoms. The molecule has 0 saturated heterocycles. The summed E-state index contributed by atoms with van der Waals surface area (Å²) in [5.74, 6) is -1.28. The second-order valence-electron chi connectivity index (χ2n) is 8.64. The zero-order valence-corrected chi connectivity index (χ0v) is 23.3. The second-order valence-corrected chi connectivity index (χ2v) is 11.3. The van der Waals surface area contributed by atoms with Crippen LogP contribution < -0.4 is 9.04 Å². The van der Waals surface area contributed by atoms with Crippen molar-refractivity contribution in [1.82, 2.24) is 4.98 Å². The Morgan fingerprint density at radius 3 is 2.37 bits per heavy atom. The standard InChI is InChI=1S/C26H26F3IN2O5S/c1-18(15-30)16-32(38(35,36)24-4-2-3-13-31-24)22-11-10-21(26(27,28)29)14-23(22)37-17-20-7-5-19(6-8-20)9-12-25(33)34/h2-8,10-11,13-14,18H,9,12,15-17H2,1H3,(H,33,34). The first kappa shape index (κ1) is 29.7. The lowest BCUT2D eigenvalue weighted by Crippen LogP contribution is -2.36. The van der Waals surface area contributed by atoms with E-state index in [0.717, 1.165) is 28.1 Å². The molecule has 1 N–H and O–H groups in total. The lowest BCUT2D eigenvalue weighted by molar-refractivity contribution is -0.138. The van der Waals surface area contributed by atoms with Crippen LogP contribution in [-0.2, 0) is 34.0 Å². The summed E-state index contributed by atoms with van der Waals surface area (Å²) in [6, 6.07) is 13.9. The highest BCUT2D eigenvalue weighted by Gasteiger charge is 2.34. The molecule has 12 heteroatoms. The summed E-state index contributed by atoms with van der Waals surface area (Å²) in [6.45, 7) is 1.71. The SMILES string of the molecule is CC(CI)CN(c1ccc(C(F)(F)F)cc1OCc1ccc(CCC(=O)O)cc1)S(=O)(=O)c1ccccn1. The van der Waals surface area contributed by atoms with Gasteiger partial charge in [0.15, 0.2) is 5.03 Å². The largest absolute Gasteiger partial charge is 0.487 e. The molecule has 0 aliphatic carbocycles. The van der Waals surface area contributed by atoms with E-state index < -0.39 is 27.7 Å². The Bertz CT molecular complexity index is 1340. The van der Waals surface area contributed by atoms with Crippen molar-refractivity contribution in [3.63, 3.8) is 0 Å². The van der Waals surface area contributed by atoms with Gasteiger partial charge in [-0.2, -0.15) is 21.6 Å². The molecule has 1 heterocycles. The monoisotopic (exact) mass is 662 g/mol. The third-order valence-electron chi connectivity index (χ3n) is 5.53. The number of anilines is 1. The van der Waals surface area contributed by atoms with E-state index in [1.165, 1.54) is 18.3 Å². The normalized spacial score (nSPS) is 12.7. The average molecular weight is 662 g/mol. The Balaban J connectivity index is 2.00. The Hall–Kier alpha value is -2.87. The van der Waals surface area contributed by atoms with Gasteiger partial charge in [0.1, 0.15) is 12.4 Å². The summed E-state index contributed by atoms with van der Waals surface area (Å²) < 4.78 is 75.3. The van der Waals surface area contributed by atoms with Gasteiger partial charge in [-0.1, -0.05) is 59.8 Å². The fourth-order valence-corrected chi connectivity index (χ4v) is 5.31. The van der Waals surface area contributed by atoms with Crippen molar-refractivity contribution in [2.45, 2.75) is 37.6 Å². The van der Waals surface area contributed by atoms with Gasteiger partial charge in [-0.3, -0.25) is 9.10 Å². The van der Waals surface area contributed by atoms with E-state index in [1.54, 1.807) is 30.3 Å². The van der Waals surface area contributed by atoms with Gasteiger partial charge < -0.3 is 9.84 Å². The molecule has 0 aliphatic rings. The highest BCUT2D eigenvalue weighted by molar-refractivity contribution is 14.1. The van der Waals surface area contributed by atoms with Crippen molar-refractivity contribution in [1.29, 1.82) is 0 Å². The van der Waals surface area contributed by atoms with Crippen molar-refractivity contribution in [2.24, 2.45) is 5.92 Å². The number of rotatable bonds is 12. The third-order valence-corrected chi connectivity index (χ3v) is 8.73. The Morgan fingerprint density at radius 2 is 1.79 bits per heavy atom. The first-order valence-corrected chi connectivity index (χ1v) is 14.5. The minimum absolute atomic E-state index is 0.00183. The molecule has 2 aromatic carbocycles. The number of aliphatic carboxylic acids is 1. The molecule has 3 rings (SSSR count). The quantitative estimate of drug-likeness (QED) is 0.190. The summed E-state index contributed by atoms with van der Waals surface area (Å²) in [6.07, 6.45) is -3.02. The summed E-state index contributed by atoms with van der Waals surface area (Å²) in [7, 11) is -4.22. The topological polar surface area (TPSA) is 96.8 Å². The number of alkyl halides is 4.